The van der Waals surface area contributed by atoms with E-state index in [1.807, 2.05) is 20.9 Å². The second kappa shape index (κ2) is 4.42. The Kier molecular flexibility index (Phi) is 3.27. The van der Waals surface area contributed by atoms with Crippen molar-refractivity contribution in [2.75, 3.05) is 18.6 Å². The third kappa shape index (κ3) is 2.69. The van der Waals surface area contributed by atoms with Crippen molar-refractivity contribution in [3.63, 3.8) is 0 Å². The normalized spacial score (nSPS) is 23.4. The molecule has 1 aromatic heterocycles. The van der Waals surface area contributed by atoms with Crippen molar-refractivity contribution in [1.82, 2.24) is 10.1 Å². The van der Waals surface area contributed by atoms with E-state index in [0.29, 0.717) is 12.3 Å². The van der Waals surface area contributed by atoms with Crippen LogP contribution in [0.4, 0.5) is 0 Å². The molecular formula is C11H18N2O3S. The highest BCUT2D eigenvalue weighted by Crippen LogP contribution is 2.21. The fraction of sp³-hybridized carbons (Fsp3) is 0.727. The van der Waals surface area contributed by atoms with Gasteiger partial charge in [-0.15, -0.1) is 0 Å². The van der Waals surface area contributed by atoms with E-state index in [2.05, 4.69) is 10.1 Å². The van der Waals surface area contributed by atoms with E-state index in [4.69, 9.17) is 4.52 Å². The molecule has 0 bridgehead atoms. The van der Waals surface area contributed by atoms with Gasteiger partial charge in [0.15, 0.2) is 9.84 Å². The van der Waals surface area contributed by atoms with Crippen LogP contribution in [0.25, 0.3) is 0 Å². The molecule has 1 aliphatic heterocycles. The van der Waals surface area contributed by atoms with Gasteiger partial charge < -0.3 is 4.52 Å². The molecule has 0 amide bonds. The van der Waals surface area contributed by atoms with Gasteiger partial charge in [0.1, 0.15) is 5.76 Å². The van der Waals surface area contributed by atoms with Gasteiger partial charge in [0, 0.05) is 18.2 Å². The minimum absolute atomic E-state index is 0.119. The summed E-state index contributed by atoms with van der Waals surface area (Å²) in [5.41, 5.74) is 1.95. The maximum Gasteiger partial charge on any atom is 0.151 e. The molecule has 0 spiro atoms. The molecular weight excluding hydrogens is 240 g/mol. The summed E-state index contributed by atoms with van der Waals surface area (Å²) in [5.74, 6) is 1.39. The summed E-state index contributed by atoms with van der Waals surface area (Å²) in [5, 5.41) is 3.90. The first-order chi connectivity index (χ1) is 7.89. The van der Waals surface area contributed by atoms with Crippen LogP contribution in [0.15, 0.2) is 4.52 Å². The molecule has 1 aromatic rings. The number of nitrogens with zero attached hydrogens (tertiary/aromatic N) is 2. The molecule has 0 aromatic carbocycles. The van der Waals surface area contributed by atoms with Crippen LogP contribution in [-0.4, -0.2) is 43.1 Å². The fourth-order valence-electron chi connectivity index (χ4n) is 2.23. The molecule has 1 atom stereocenters. The second-order valence-electron chi connectivity index (χ2n) is 4.77. The number of hydrogen-bond acceptors (Lipinski definition) is 5. The monoisotopic (exact) mass is 258 g/mol. The van der Waals surface area contributed by atoms with E-state index in [0.717, 1.165) is 23.4 Å². The van der Waals surface area contributed by atoms with Gasteiger partial charge in [0.25, 0.3) is 0 Å². The van der Waals surface area contributed by atoms with Gasteiger partial charge in [-0.3, -0.25) is 4.90 Å². The van der Waals surface area contributed by atoms with Gasteiger partial charge >= 0.3 is 0 Å². The standard InChI is InChI=1S/C11H18N2O3S/c1-8-11(9(2)16-12-8)6-13(3)10-4-5-17(14,15)7-10/h10H,4-7H2,1-3H3. The summed E-state index contributed by atoms with van der Waals surface area (Å²) >= 11 is 0. The maximum absolute atomic E-state index is 11.4. The van der Waals surface area contributed by atoms with E-state index in [1.165, 1.54) is 0 Å². The highest BCUT2D eigenvalue weighted by molar-refractivity contribution is 7.91. The molecule has 2 heterocycles. The first kappa shape index (κ1) is 12.6. The topological polar surface area (TPSA) is 63.4 Å². The zero-order chi connectivity index (χ0) is 12.6. The van der Waals surface area contributed by atoms with Crippen LogP contribution in [0.2, 0.25) is 0 Å². The van der Waals surface area contributed by atoms with Crippen LogP contribution in [0.5, 0.6) is 0 Å². The number of aromatic nitrogens is 1. The number of rotatable bonds is 3. The highest BCUT2D eigenvalue weighted by Gasteiger charge is 2.31. The number of sulfone groups is 1. The second-order valence-corrected chi connectivity index (χ2v) is 7.00. The third-order valence-electron chi connectivity index (χ3n) is 3.42. The molecule has 0 saturated carbocycles. The molecule has 1 saturated heterocycles. The van der Waals surface area contributed by atoms with Gasteiger partial charge in [-0.25, -0.2) is 8.42 Å². The van der Waals surface area contributed by atoms with Crippen molar-refractivity contribution in [3.8, 4) is 0 Å². The van der Waals surface area contributed by atoms with E-state index in [-0.39, 0.29) is 11.8 Å². The zero-order valence-electron chi connectivity index (χ0n) is 10.4. The number of aryl methyl sites for hydroxylation is 2. The van der Waals surface area contributed by atoms with Crippen molar-refractivity contribution in [2.24, 2.45) is 0 Å². The first-order valence-electron chi connectivity index (χ1n) is 5.71. The van der Waals surface area contributed by atoms with Crippen molar-refractivity contribution in [1.29, 1.82) is 0 Å². The molecule has 5 nitrogen and oxygen atoms in total. The molecule has 1 fully saturated rings. The third-order valence-corrected chi connectivity index (χ3v) is 5.17. The van der Waals surface area contributed by atoms with Crippen molar-refractivity contribution in [2.45, 2.75) is 32.9 Å². The average Bonchev–Trinajstić information content (AvgIpc) is 2.75. The van der Waals surface area contributed by atoms with Crippen molar-refractivity contribution >= 4 is 9.84 Å². The van der Waals surface area contributed by atoms with Crippen LogP contribution in [0, 0.1) is 13.8 Å². The smallest absolute Gasteiger partial charge is 0.151 e. The lowest BCUT2D eigenvalue weighted by Crippen LogP contribution is -2.32. The van der Waals surface area contributed by atoms with Gasteiger partial charge in [0.05, 0.1) is 17.2 Å². The molecule has 1 aliphatic rings. The SMILES string of the molecule is Cc1noc(C)c1CN(C)C1CCS(=O)(=O)C1. The minimum atomic E-state index is -2.82. The van der Waals surface area contributed by atoms with Crippen molar-refractivity contribution < 1.29 is 12.9 Å². The van der Waals surface area contributed by atoms with Crippen LogP contribution in [-0.2, 0) is 16.4 Å². The number of hydrogen-bond donors (Lipinski definition) is 0. The summed E-state index contributed by atoms with van der Waals surface area (Å²) in [7, 11) is -0.865. The van der Waals surface area contributed by atoms with Crippen LogP contribution in [0.3, 0.4) is 0 Å². The molecule has 96 valence electrons. The highest BCUT2D eigenvalue weighted by atomic mass is 32.2. The molecule has 6 heteroatoms. The van der Waals surface area contributed by atoms with Gasteiger partial charge in [-0.1, -0.05) is 5.16 Å². The van der Waals surface area contributed by atoms with Gasteiger partial charge in [-0.05, 0) is 27.3 Å². The van der Waals surface area contributed by atoms with E-state index in [1.54, 1.807) is 0 Å². The lowest BCUT2D eigenvalue weighted by atomic mass is 10.1. The zero-order valence-corrected chi connectivity index (χ0v) is 11.2. The lowest BCUT2D eigenvalue weighted by Gasteiger charge is -2.22. The summed E-state index contributed by atoms with van der Waals surface area (Å²) in [4.78, 5) is 2.08. The van der Waals surface area contributed by atoms with Crippen molar-refractivity contribution in [3.05, 3.63) is 17.0 Å². The lowest BCUT2D eigenvalue weighted by molar-refractivity contribution is 0.252. The Balaban J connectivity index is 2.05. The summed E-state index contributed by atoms with van der Waals surface area (Å²) in [6, 6.07) is 0.119. The van der Waals surface area contributed by atoms with E-state index in [9.17, 15) is 8.42 Å². The summed E-state index contributed by atoms with van der Waals surface area (Å²) in [6.07, 6.45) is 0.724. The summed E-state index contributed by atoms with van der Waals surface area (Å²) in [6.45, 7) is 4.49. The van der Waals surface area contributed by atoms with Crippen LogP contribution < -0.4 is 0 Å². The average molecular weight is 258 g/mol. The Bertz CT molecular complexity index is 487. The first-order valence-corrected chi connectivity index (χ1v) is 7.53. The van der Waals surface area contributed by atoms with Gasteiger partial charge in [0.2, 0.25) is 0 Å². The maximum atomic E-state index is 11.4. The van der Waals surface area contributed by atoms with Crippen LogP contribution >= 0.6 is 0 Å². The molecule has 2 rings (SSSR count). The van der Waals surface area contributed by atoms with E-state index >= 15 is 0 Å². The predicted octanol–water partition coefficient (Wildman–Crippen LogP) is 0.910. The predicted molar refractivity (Wildman–Crippen MR) is 64.5 cm³/mol. The largest absolute Gasteiger partial charge is 0.361 e. The Labute approximate surface area is 102 Å². The fourth-order valence-corrected chi connectivity index (χ4v) is 4.03. The molecule has 1 unspecified atom stereocenters. The Hall–Kier alpha value is -0.880. The molecule has 0 radical (unpaired) electrons. The Morgan fingerprint density at radius 2 is 2.18 bits per heavy atom. The Morgan fingerprint density at radius 1 is 1.47 bits per heavy atom. The van der Waals surface area contributed by atoms with E-state index < -0.39 is 9.84 Å². The quantitative estimate of drug-likeness (QED) is 0.806. The molecule has 17 heavy (non-hydrogen) atoms. The summed E-state index contributed by atoms with van der Waals surface area (Å²) < 4.78 is 28.0. The Morgan fingerprint density at radius 3 is 2.65 bits per heavy atom. The van der Waals surface area contributed by atoms with Crippen LogP contribution in [0.1, 0.15) is 23.4 Å². The molecule has 0 N–H and O–H groups in total. The minimum Gasteiger partial charge on any atom is -0.361 e. The van der Waals surface area contributed by atoms with Gasteiger partial charge in [-0.2, -0.15) is 0 Å². The molecule has 0 aliphatic carbocycles.